The fraction of sp³-hybridized carbons (Fsp3) is 0.286. The van der Waals surface area contributed by atoms with E-state index in [9.17, 15) is 14.4 Å². The van der Waals surface area contributed by atoms with E-state index in [1.54, 1.807) is 29.2 Å². The number of methoxy groups -OCH3 is 1. The summed E-state index contributed by atoms with van der Waals surface area (Å²) in [6.07, 6.45) is 0.131. The third-order valence-corrected chi connectivity index (χ3v) is 4.53. The Kier molecular flexibility index (Phi) is 5.93. The van der Waals surface area contributed by atoms with Gasteiger partial charge in [0.05, 0.1) is 30.9 Å². The number of rotatable bonds is 6. The molecule has 1 N–H and O–H groups in total. The van der Waals surface area contributed by atoms with E-state index in [0.717, 1.165) is 0 Å². The molecule has 7 heteroatoms. The van der Waals surface area contributed by atoms with Crippen LogP contribution in [0.15, 0.2) is 48.5 Å². The minimum atomic E-state index is -0.470. The zero-order valence-electron chi connectivity index (χ0n) is 15.8. The molecule has 0 saturated carbocycles. The molecule has 0 radical (unpaired) electrons. The molecule has 0 aliphatic carbocycles. The van der Waals surface area contributed by atoms with Crippen molar-refractivity contribution in [2.24, 2.45) is 5.92 Å². The van der Waals surface area contributed by atoms with Gasteiger partial charge < -0.3 is 19.7 Å². The highest BCUT2D eigenvalue weighted by atomic mass is 16.5. The van der Waals surface area contributed by atoms with Crippen molar-refractivity contribution in [3.8, 4) is 5.75 Å². The highest BCUT2D eigenvalue weighted by molar-refractivity contribution is 6.04. The molecule has 1 atom stereocenters. The lowest BCUT2D eigenvalue weighted by atomic mass is 10.1. The van der Waals surface area contributed by atoms with Crippen molar-refractivity contribution < 1.29 is 23.9 Å². The number of nitrogens with zero attached hydrogens (tertiary/aromatic N) is 1. The van der Waals surface area contributed by atoms with Gasteiger partial charge in [-0.1, -0.05) is 12.1 Å². The third-order valence-electron chi connectivity index (χ3n) is 4.53. The molecule has 3 rings (SSSR count). The van der Waals surface area contributed by atoms with Crippen molar-refractivity contribution in [1.29, 1.82) is 0 Å². The Morgan fingerprint density at radius 3 is 2.54 bits per heavy atom. The van der Waals surface area contributed by atoms with Gasteiger partial charge in [-0.05, 0) is 43.3 Å². The molecule has 2 aromatic carbocycles. The van der Waals surface area contributed by atoms with E-state index in [2.05, 4.69) is 10.1 Å². The minimum Gasteiger partial charge on any atom is -0.492 e. The molecular formula is C21H22N2O5. The lowest BCUT2D eigenvalue weighted by Gasteiger charge is -2.20. The van der Waals surface area contributed by atoms with Crippen molar-refractivity contribution in [2.75, 3.05) is 30.5 Å². The number of hydrogen-bond acceptors (Lipinski definition) is 5. The van der Waals surface area contributed by atoms with Crippen molar-refractivity contribution in [2.45, 2.75) is 13.3 Å². The van der Waals surface area contributed by atoms with Gasteiger partial charge in [0.2, 0.25) is 11.8 Å². The maximum absolute atomic E-state index is 12.6. The topological polar surface area (TPSA) is 84.9 Å². The molecule has 0 aromatic heterocycles. The summed E-state index contributed by atoms with van der Waals surface area (Å²) in [4.78, 5) is 38.2. The number of ether oxygens (including phenoxy) is 2. The Morgan fingerprint density at radius 1 is 1.14 bits per heavy atom. The average Bonchev–Trinajstić information content (AvgIpc) is 3.10. The zero-order valence-corrected chi connectivity index (χ0v) is 15.8. The Balaban J connectivity index is 1.68. The first-order valence-corrected chi connectivity index (χ1v) is 9.05. The van der Waals surface area contributed by atoms with Crippen LogP contribution in [0.5, 0.6) is 5.75 Å². The second kappa shape index (κ2) is 8.56. The van der Waals surface area contributed by atoms with Gasteiger partial charge in [-0.15, -0.1) is 0 Å². The summed E-state index contributed by atoms with van der Waals surface area (Å²) >= 11 is 0. The van der Waals surface area contributed by atoms with E-state index in [1.807, 2.05) is 31.2 Å². The Hall–Kier alpha value is -3.35. The van der Waals surface area contributed by atoms with Crippen LogP contribution >= 0.6 is 0 Å². The fourth-order valence-corrected chi connectivity index (χ4v) is 3.13. The quantitative estimate of drug-likeness (QED) is 0.777. The van der Waals surface area contributed by atoms with Crippen molar-refractivity contribution in [3.63, 3.8) is 0 Å². The van der Waals surface area contributed by atoms with Gasteiger partial charge in [0.1, 0.15) is 5.75 Å². The average molecular weight is 382 g/mol. The minimum absolute atomic E-state index is 0.117. The van der Waals surface area contributed by atoms with Crippen LogP contribution in [0.1, 0.15) is 23.7 Å². The van der Waals surface area contributed by atoms with E-state index in [-0.39, 0.29) is 24.8 Å². The largest absolute Gasteiger partial charge is 0.492 e. The molecule has 0 bridgehead atoms. The maximum atomic E-state index is 12.6. The summed E-state index contributed by atoms with van der Waals surface area (Å²) < 4.78 is 10.2. The van der Waals surface area contributed by atoms with Crippen LogP contribution in [0, 0.1) is 5.92 Å². The molecule has 1 aliphatic rings. The van der Waals surface area contributed by atoms with Gasteiger partial charge >= 0.3 is 5.97 Å². The predicted octanol–water partition coefficient (Wildman–Crippen LogP) is 2.86. The maximum Gasteiger partial charge on any atom is 0.337 e. The SMILES string of the molecule is CCOc1ccccc1N1C[C@@H](C(=O)Nc2ccc(C(=O)OC)cc2)CC1=O. The normalized spacial score (nSPS) is 16.0. The first-order valence-electron chi connectivity index (χ1n) is 9.05. The standard InChI is InChI=1S/C21H22N2O5/c1-3-28-18-7-5-4-6-17(18)23-13-15(12-19(23)24)20(25)22-16-10-8-14(9-11-16)21(26)27-2/h4-11,15H,3,12-13H2,1-2H3,(H,22,25)/t15-/m0/s1. The molecule has 2 aromatic rings. The zero-order chi connectivity index (χ0) is 20.1. The van der Waals surface area contributed by atoms with E-state index in [1.165, 1.54) is 7.11 Å². The number of nitrogens with one attached hydrogen (secondary N) is 1. The molecule has 1 fully saturated rings. The van der Waals surface area contributed by atoms with Crippen LogP contribution in [-0.2, 0) is 14.3 Å². The van der Waals surface area contributed by atoms with E-state index < -0.39 is 11.9 Å². The van der Waals surface area contributed by atoms with Crippen LogP contribution in [-0.4, -0.2) is 38.0 Å². The summed E-state index contributed by atoms with van der Waals surface area (Å²) in [5.74, 6) is -0.646. The van der Waals surface area contributed by atoms with Gasteiger partial charge in [0, 0.05) is 18.7 Å². The molecule has 1 aliphatic heterocycles. The van der Waals surface area contributed by atoms with Crippen LogP contribution in [0.2, 0.25) is 0 Å². The number of benzene rings is 2. The molecule has 0 unspecified atom stereocenters. The number of anilines is 2. The number of hydrogen-bond donors (Lipinski definition) is 1. The molecule has 1 heterocycles. The van der Waals surface area contributed by atoms with Crippen LogP contribution in [0.3, 0.4) is 0 Å². The monoisotopic (exact) mass is 382 g/mol. The molecule has 2 amide bonds. The number of esters is 1. The van der Waals surface area contributed by atoms with Crippen molar-refractivity contribution in [3.05, 3.63) is 54.1 Å². The van der Waals surface area contributed by atoms with Crippen LogP contribution in [0.4, 0.5) is 11.4 Å². The molecule has 146 valence electrons. The van der Waals surface area contributed by atoms with Crippen molar-refractivity contribution >= 4 is 29.2 Å². The highest BCUT2D eigenvalue weighted by Gasteiger charge is 2.36. The van der Waals surface area contributed by atoms with Gasteiger partial charge in [-0.25, -0.2) is 4.79 Å². The second-order valence-corrected chi connectivity index (χ2v) is 6.36. The lowest BCUT2D eigenvalue weighted by Crippen LogP contribution is -2.28. The van der Waals surface area contributed by atoms with Gasteiger partial charge in [0.25, 0.3) is 0 Å². The third kappa shape index (κ3) is 4.14. The predicted molar refractivity (Wildman–Crippen MR) is 104 cm³/mol. The van der Waals surface area contributed by atoms with Crippen LogP contribution < -0.4 is 15.0 Å². The van der Waals surface area contributed by atoms with E-state index in [0.29, 0.717) is 29.3 Å². The second-order valence-electron chi connectivity index (χ2n) is 6.36. The fourth-order valence-electron chi connectivity index (χ4n) is 3.13. The molecule has 0 spiro atoms. The Bertz CT molecular complexity index is 879. The number of carbonyl (C=O) groups excluding carboxylic acids is 3. The highest BCUT2D eigenvalue weighted by Crippen LogP contribution is 2.33. The summed E-state index contributed by atoms with van der Waals surface area (Å²) in [7, 11) is 1.31. The summed E-state index contributed by atoms with van der Waals surface area (Å²) in [5.41, 5.74) is 1.63. The van der Waals surface area contributed by atoms with Crippen molar-refractivity contribution in [1.82, 2.24) is 0 Å². The Morgan fingerprint density at radius 2 is 1.86 bits per heavy atom. The smallest absolute Gasteiger partial charge is 0.337 e. The summed E-state index contributed by atoms with van der Waals surface area (Å²) in [5, 5.41) is 2.80. The lowest BCUT2D eigenvalue weighted by molar-refractivity contribution is -0.122. The molecular weight excluding hydrogens is 360 g/mol. The van der Waals surface area contributed by atoms with Gasteiger partial charge in [-0.3, -0.25) is 9.59 Å². The number of para-hydroxylation sites is 2. The number of carbonyl (C=O) groups is 3. The molecule has 28 heavy (non-hydrogen) atoms. The van der Waals surface area contributed by atoms with Gasteiger partial charge in [-0.2, -0.15) is 0 Å². The van der Waals surface area contributed by atoms with E-state index in [4.69, 9.17) is 4.74 Å². The van der Waals surface area contributed by atoms with E-state index >= 15 is 0 Å². The van der Waals surface area contributed by atoms with Crippen LogP contribution in [0.25, 0.3) is 0 Å². The Labute approximate surface area is 163 Å². The number of amides is 2. The molecule has 1 saturated heterocycles. The van der Waals surface area contributed by atoms with Gasteiger partial charge in [0.15, 0.2) is 0 Å². The summed E-state index contributed by atoms with van der Waals surface area (Å²) in [6, 6.07) is 13.7. The summed E-state index contributed by atoms with van der Waals surface area (Å²) in [6.45, 7) is 2.66. The molecule has 7 nitrogen and oxygen atoms in total. The first kappa shape index (κ1) is 19.4. The first-order chi connectivity index (χ1) is 13.5.